The third kappa shape index (κ3) is 6.25. The fourth-order valence-corrected chi connectivity index (χ4v) is 3.74. The van der Waals surface area contributed by atoms with Crippen LogP contribution < -0.4 is 10.6 Å². The number of halogens is 1. The largest absolute Gasteiger partial charge is 0.460 e. The van der Waals surface area contributed by atoms with Crippen LogP contribution in [0.5, 0.6) is 0 Å². The Balaban J connectivity index is 1.94. The molecule has 3 rings (SSSR count). The van der Waals surface area contributed by atoms with Gasteiger partial charge in [0.1, 0.15) is 28.7 Å². The quantitative estimate of drug-likeness (QED) is 0.311. The van der Waals surface area contributed by atoms with Gasteiger partial charge in [-0.05, 0) is 23.8 Å². The van der Waals surface area contributed by atoms with Gasteiger partial charge in [0.2, 0.25) is 5.95 Å². The van der Waals surface area contributed by atoms with Crippen molar-refractivity contribution in [2.24, 2.45) is 0 Å². The van der Waals surface area contributed by atoms with Crippen LogP contribution in [0.1, 0.15) is 22.0 Å². The Hall–Kier alpha value is -3.61. The molecule has 180 valence electrons. The first-order valence-corrected chi connectivity index (χ1v) is 12.0. The molecular formula is C22H23FN4O6S. The summed E-state index contributed by atoms with van der Waals surface area (Å²) >= 11 is 0. The van der Waals surface area contributed by atoms with Crippen molar-refractivity contribution in [3.8, 4) is 0 Å². The monoisotopic (exact) mass is 490 g/mol. The lowest BCUT2D eigenvalue weighted by Gasteiger charge is -2.19. The second kappa shape index (κ2) is 11.0. The Morgan fingerprint density at radius 3 is 2.53 bits per heavy atom. The average Bonchev–Trinajstić information content (AvgIpc) is 2.81. The molecule has 4 N–H and O–H groups in total. The van der Waals surface area contributed by atoms with E-state index in [4.69, 9.17) is 9.84 Å². The highest BCUT2D eigenvalue weighted by Crippen LogP contribution is 2.25. The first kappa shape index (κ1) is 25.0. The number of hydrogen-bond acceptors (Lipinski definition) is 10. The Kier molecular flexibility index (Phi) is 8.10. The fraction of sp³-hybridized carbons (Fsp3) is 0.227. The van der Waals surface area contributed by atoms with Gasteiger partial charge in [0, 0.05) is 18.1 Å². The average molecular weight is 491 g/mol. The first-order valence-electron chi connectivity index (χ1n) is 10.1. The van der Waals surface area contributed by atoms with Crippen LogP contribution in [0.4, 0.5) is 21.8 Å². The molecule has 1 heterocycles. The lowest BCUT2D eigenvalue weighted by molar-refractivity contribution is 0.0434. The second-order valence-corrected chi connectivity index (χ2v) is 9.13. The van der Waals surface area contributed by atoms with E-state index >= 15 is 0 Å². The van der Waals surface area contributed by atoms with Crippen molar-refractivity contribution in [2.75, 3.05) is 36.7 Å². The maximum atomic E-state index is 14.2. The summed E-state index contributed by atoms with van der Waals surface area (Å²) in [4.78, 5) is 20.3. The van der Waals surface area contributed by atoms with Crippen LogP contribution in [0.25, 0.3) is 0 Å². The molecule has 0 aliphatic rings. The maximum absolute atomic E-state index is 14.2. The number of aliphatic hydroxyl groups excluding tert-OH is 2. The number of carbonyl (C=O) groups is 1. The van der Waals surface area contributed by atoms with Crippen LogP contribution in [-0.4, -0.2) is 60.6 Å². The highest BCUT2D eigenvalue weighted by molar-refractivity contribution is 7.90. The molecule has 0 aliphatic heterocycles. The highest BCUT2D eigenvalue weighted by Gasteiger charge is 2.20. The van der Waals surface area contributed by atoms with Crippen LogP contribution in [-0.2, 0) is 14.6 Å². The minimum Gasteiger partial charge on any atom is -0.460 e. The third-order valence-electron chi connectivity index (χ3n) is 4.62. The number of benzene rings is 2. The van der Waals surface area contributed by atoms with Crippen molar-refractivity contribution in [2.45, 2.75) is 10.9 Å². The molecule has 0 bridgehead atoms. The van der Waals surface area contributed by atoms with Gasteiger partial charge in [-0.25, -0.2) is 22.6 Å². The molecule has 10 nitrogen and oxygen atoms in total. The van der Waals surface area contributed by atoms with Crippen molar-refractivity contribution in [3.05, 3.63) is 71.7 Å². The summed E-state index contributed by atoms with van der Waals surface area (Å²) in [7, 11) is -3.73. The first-order chi connectivity index (χ1) is 16.2. The highest BCUT2D eigenvalue weighted by atomic mass is 32.2. The minimum atomic E-state index is -3.73. The summed E-state index contributed by atoms with van der Waals surface area (Å²) in [5, 5.41) is 24.5. The van der Waals surface area contributed by atoms with Gasteiger partial charge in [-0.2, -0.15) is 4.98 Å². The molecule has 0 unspecified atom stereocenters. The zero-order valence-corrected chi connectivity index (χ0v) is 18.9. The van der Waals surface area contributed by atoms with Crippen molar-refractivity contribution in [1.29, 1.82) is 0 Å². The van der Waals surface area contributed by atoms with Gasteiger partial charge in [-0.1, -0.05) is 30.3 Å². The summed E-state index contributed by atoms with van der Waals surface area (Å²) in [6, 6.07) is 11.8. The smallest absolute Gasteiger partial charge is 0.343 e. The van der Waals surface area contributed by atoms with Crippen LogP contribution in [0.2, 0.25) is 0 Å². The van der Waals surface area contributed by atoms with Gasteiger partial charge in [-0.15, -0.1) is 0 Å². The zero-order valence-electron chi connectivity index (χ0n) is 18.1. The predicted octanol–water partition coefficient (Wildman–Crippen LogP) is 2.06. The van der Waals surface area contributed by atoms with E-state index in [9.17, 15) is 22.7 Å². The topological polar surface area (TPSA) is 151 Å². The van der Waals surface area contributed by atoms with Crippen molar-refractivity contribution >= 4 is 33.3 Å². The molecule has 0 radical (unpaired) electrons. The predicted molar refractivity (Wildman–Crippen MR) is 122 cm³/mol. The number of esters is 1. The SMILES string of the molecule is CS(=O)(=O)c1ccc(Nc2ncc(C(=O)OCCO)c(N[C@H](CO)c3ccccc3)n2)cc1F. The molecule has 12 heteroatoms. The van der Waals surface area contributed by atoms with E-state index in [1.165, 1.54) is 12.3 Å². The van der Waals surface area contributed by atoms with Crippen molar-refractivity contribution < 1.29 is 32.6 Å². The van der Waals surface area contributed by atoms with E-state index in [0.717, 1.165) is 24.0 Å². The Morgan fingerprint density at radius 1 is 1.18 bits per heavy atom. The molecule has 3 aromatic rings. The number of nitrogens with one attached hydrogen (secondary N) is 2. The number of aliphatic hydroxyl groups is 2. The second-order valence-electron chi connectivity index (χ2n) is 7.15. The molecule has 1 atom stereocenters. The van der Waals surface area contributed by atoms with Crippen LogP contribution in [0.15, 0.2) is 59.6 Å². The lowest BCUT2D eigenvalue weighted by atomic mass is 10.1. The molecule has 0 saturated heterocycles. The van der Waals surface area contributed by atoms with E-state index in [-0.39, 0.29) is 42.8 Å². The molecule has 0 aliphatic carbocycles. The number of anilines is 3. The zero-order chi connectivity index (χ0) is 24.7. The molecule has 0 amide bonds. The molecule has 1 aromatic heterocycles. The van der Waals surface area contributed by atoms with E-state index in [1.807, 2.05) is 6.07 Å². The van der Waals surface area contributed by atoms with Crippen LogP contribution in [0, 0.1) is 5.82 Å². The van der Waals surface area contributed by atoms with Crippen molar-refractivity contribution in [3.63, 3.8) is 0 Å². The number of nitrogens with zero attached hydrogens (tertiary/aromatic N) is 2. The minimum absolute atomic E-state index is 0.0246. The van der Waals surface area contributed by atoms with Gasteiger partial charge >= 0.3 is 5.97 Å². The normalized spacial score (nSPS) is 12.1. The number of ether oxygens (including phenoxy) is 1. The summed E-state index contributed by atoms with van der Waals surface area (Å²) < 4.78 is 42.4. The number of carbonyl (C=O) groups excluding carboxylic acids is 1. The Labute approximate surface area is 195 Å². The van der Waals surface area contributed by atoms with E-state index in [1.54, 1.807) is 24.3 Å². The van der Waals surface area contributed by atoms with E-state index in [2.05, 4.69) is 20.6 Å². The maximum Gasteiger partial charge on any atom is 0.343 e. The molecule has 2 aromatic carbocycles. The summed E-state index contributed by atoms with van der Waals surface area (Å²) in [5.74, 6) is -1.75. The van der Waals surface area contributed by atoms with E-state index < -0.39 is 32.6 Å². The standard InChI is InChI=1S/C22H23FN4O6S/c1-34(31,32)19-8-7-15(11-17(19)23)25-22-24-12-16(21(30)33-10-9-28)20(27-22)26-18(13-29)14-5-3-2-4-6-14/h2-8,11-12,18,28-29H,9-10,13H2,1H3,(H2,24,25,26,27)/t18-/m1/s1. The van der Waals surface area contributed by atoms with Gasteiger partial charge in [0.05, 0.1) is 19.3 Å². The molecule has 0 spiro atoms. The molecular weight excluding hydrogens is 467 g/mol. The summed E-state index contributed by atoms with van der Waals surface area (Å²) in [6.45, 7) is -0.917. The molecule has 0 fully saturated rings. The number of sulfone groups is 1. The number of hydrogen-bond donors (Lipinski definition) is 4. The third-order valence-corrected chi connectivity index (χ3v) is 5.75. The van der Waals surface area contributed by atoms with Crippen LogP contribution in [0.3, 0.4) is 0 Å². The molecule has 0 saturated carbocycles. The van der Waals surface area contributed by atoms with Crippen LogP contribution >= 0.6 is 0 Å². The van der Waals surface area contributed by atoms with Crippen molar-refractivity contribution in [1.82, 2.24) is 9.97 Å². The fourth-order valence-electron chi connectivity index (χ4n) is 3.01. The number of rotatable bonds is 10. The Bertz CT molecular complexity index is 1260. The van der Waals surface area contributed by atoms with Gasteiger partial charge in [0.25, 0.3) is 0 Å². The van der Waals surface area contributed by atoms with E-state index in [0.29, 0.717) is 0 Å². The Morgan fingerprint density at radius 2 is 1.91 bits per heavy atom. The van der Waals surface area contributed by atoms with Gasteiger partial charge < -0.3 is 25.6 Å². The number of aromatic nitrogens is 2. The van der Waals surface area contributed by atoms with Gasteiger partial charge in [0.15, 0.2) is 9.84 Å². The summed E-state index contributed by atoms with van der Waals surface area (Å²) in [6.07, 6.45) is 2.08. The summed E-state index contributed by atoms with van der Waals surface area (Å²) in [5.41, 5.74) is 0.853. The van der Waals surface area contributed by atoms with Gasteiger partial charge in [-0.3, -0.25) is 0 Å². The molecule has 34 heavy (non-hydrogen) atoms. The lowest BCUT2D eigenvalue weighted by Crippen LogP contribution is -2.20.